The van der Waals surface area contributed by atoms with E-state index in [9.17, 15) is 9.90 Å². The van der Waals surface area contributed by atoms with Crippen LogP contribution in [0.3, 0.4) is 0 Å². The summed E-state index contributed by atoms with van der Waals surface area (Å²) in [6.45, 7) is 5.99. The first-order valence-electron chi connectivity index (χ1n) is 10.5. The predicted molar refractivity (Wildman–Crippen MR) is 147 cm³/mol. The minimum Gasteiger partial charge on any atom is -0.476 e. The van der Waals surface area contributed by atoms with Crippen molar-refractivity contribution in [3.8, 4) is 27.5 Å². The molecule has 5 nitrogen and oxygen atoms in total. The standard InChI is InChI=1S/C24H19Cl4N3O2S2/c1-4-11(2)34-23-20(13-5-6-17(27)18(28)9-13)29-24(35-23)31-21(22(32)33)19(12(3)30-31)14-7-15(25)10-16(26)8-14/h5-11H,4H2,1-3H3,(H,32,33). The van der Waals surface area contributed by atoms with Gasteiger partial charge in [-0.2, -0.15) is 9.78 Å². The second-order valence-electron chi connectivity index (χ2n) is 7.78. The summed E-state index contributed by atoms with van der Waals surface area (Å²) in [7, 11) is 0. The smallest absolute Gasteiger partial charge is 0.355 e. The van der Waals surface area contributed by atoms with Gasteiger partial charge in [-0.1, -0.05) is 77.7 Å². The number of nitrogens with zero attached hydrogens (tertiary/aromatic N) is 3. The summed E-state index contributed by atoms with van der Waals surface area (Å²) in [6.07, 6.45) is 0.958. The summed E-state index contributed by atoms with van der Waals surface area (Å²) in [5.74, 6) is -1.14. The Kier molecular flexibility index (Phi) is 8.05. The molecule has 2 aromatic carbocycles. The number of hydrogen-bond donors (Lipinski definition) is 1. The molecule has 0 radical (unpaired) electrons. The van der Waals surface area contributed by atoms with Crippen LogP contribution in [0.15, 0.2) is 40.6 Å². The Morgan fingerprint density at radius 1 is 1.09 bits per heavy atom. The van der Waals surface area contributed by atoms with Gasteiger partial charge >= 0.3 is 5.97 Å². The quantitative estimate of drug-likeness (QED) is 0.219. The van der Waals surface area contributed by atoms with Crippen molar-refractivity contribution in [1.29, 1.82) is 0 Å². The molecule has 0 saturated heterocycles. The average molecular weight is 587 g/mol. The van der Waals surface area contributed by atoms with Gasteiger partial charge in [0.2, 0.25) is 5.13 Å². The lowest BCUT2D eigenvalue weighted by Crippen LogP contribution is -2.09. The zero-order chi connectivity index (χ0) is 25.4. The fraction of sp³-hybridized carbons (Fsp3) is 0.208. The van der Waals surface area contributed by atoms with Crippen LogP contribution in [0.25, 0.3) is 27.5 Å². The second kappa shape index (κ2) is 10.7. The maximum Gasteiger partial charge on any atom is 0.355 e. The molecule has 0 bridgehead atoms. The Morgan fingerprint density at radius 2 is 1.77 bits per heavy atom. The van der Waals surface area contributed by atoms with Crippen molar-refractivity contribution < 1.29 is 9.90 Å². The van der Waals surface area contributed by atoms with Crippen LogP contribution in [0.1, 0.15) is 36.5 Å². The number of aromatic carboxylic acids is 1. The van der Waals surface area contributed by atoms with Gasteiger partial charge in [-0.05, 0) is 49.2 Å². The summed E-state index contributed by atoms with van der Waals surface area (Å²) in [6, 6.07) is 10.3. The van der Waals surface area contributed by atoms with Crippen molar-refractivity contribution in [2.75, 3.05) is 0 Å². The highest BCUT2D eigenvalue weighted by Crippen LogP contribution is 2.42. The normalized spacial score (nSPS) is 12.2. The molecular weight excluding hydrogens is 568 g/mol. The van der Waals surface area contributed by atoms with Gasteiger partial charge in [0.25, 0.3) is 0 Å². The summed E-state index contributed by atoms with van der Waals surface area (Å²) < 4.78 is 2.30. The summed E-state index contributed by atoms with van der Waals surface area (Å²) >= 11 is 27.8. The molecule has 4 rings (SSSR count). The molecule has 182 valence electrons. The maximum atomic E-state index is 12.5. The van der Waals surface area contributed by atoms with Crippen LogP contribution in [0.4, 0.5) is 0 Å². The van der Waals surface area contributed by atoms with Gasteiger partial charge in [-0.3, -0.25) is 0 Å². The number of hydrogen-bond acceptors (Lipinski definition) is 5. The van der Waals surface area contributed by atoms with Crippen LogP contribution >= 0.6 is 69.5 Å². The number of aryl methyl sites for hydroxylation is 1. The molecule has 0 aliphatic rings. The zero-order valence-electron chi connectivity index (χ0n) is 18.8. The van der Waals surface area contributed by atoms with Crippen LogP contribution < -0.4 is 0 Å². The molecular formula is C24H19Cl4N3O2S2. The first-order valence-corrected chi connectivity index (χ1v) is 13.7. The molecule has 2 aromatic heterocycles. The largest absolute Gasteiger partial charge is 0.476 e. The molecule has 0 aliphatic heterocycles. The van der Waals surface area contributed by atoms with E-state index in [0.717, 1.165) is 16.2 Å². The molecule has 0 spiro atoms. The van der Waals surface area contributed by atoms with Gasteiger partial charge in [0.1, 0.15) is 0 Å². The molecule has 0 aliphatic carbocycles. The van der Waals surface area contributed by atoms with Crippen LogP contribution in [-0.2, 0) is 0 Å². The monoisotopic (exact) mass is 585 g/mol. The number of carboxylic acid groups (broad SMARTS) is 1. The molecule has 1 unspecified atom stereocenters. The first-order chi connectivity index (χ1) is 16.6. The lowest BCUT2D eigenvalue weighted by molar-refractivity contribution is 0.0688. The van der Waals surface area contributed by atoms with Crippen molar-refractivity contribution in [3.05, 3.63) is 67.9 Å². The van der Waals surface area contributed by atoms with E-state index < -0.39 is 5.97 Å². The van der Waals surface area contributed by atoms with E-state index >= 15 is 0 Å². The topological polar surface area (TPSA) is 68.0 Å². The van der Waals surface area contributed by atoms with Crippen LogP contribution in [0.5, 0.6) is 0 Å². The third kappa shape index (κ3) is 5.50. The van der Waals surface area contributed by atoms with Gasteiger partial charge in [0.05, 0.1) is 25.6 Å². The van der Waals surface area contributed by atoms with Crippen molar-refractivity contribution >= 4 is 75.5 Å². The number of benzene rings is 2. The van der Waals surface area contributed by atoms with Gasteiger partial charge in [0.15, 0.2) is 5.69 Å². The molecule has 1 N–H and O–H groups in total. The van der Waals surface area contributed by atoms with Crippen molar-refractivity contribution in [2.24, 2.45) is 0 Å². The molecule has 1 atom stereocenters. The van der Waals surface area contributed by atoms with Gasteiger partial charge in [-0.15, -0.1) is 11.8 Å². The van der Waals surface area contributed by atoms with Crippen LogP contribution in [0.2, 0.25) is 20.1 Å². The Morgan fingerprint density at radius 3 is 2.37 bits per heavy atom. The number of carbonyl (C=O) groups is 1. The SMILES string of the molecule is CCC(C)Sc1sc(-n2nc(C)c(-c3cc(Cl)cc(Cl)c3)c2C(=O)O)nc1-c1ccc(Cl)c(Cl)c1. The molecule has 0 saturated carbocycles. The highest BCUT2D eigenvalue weighted by Gasteiger charge is 2.27. The lowest BCUT2D eigenvalue weighted by Gasteiger charge is -2.08. The van der Waals surface area contributed by atoms with E-state index in [-0.39, 0.29) is 5.69 Å². The maximum absolute atomic E-state index is 12.5. The zero-order valence-corrected chi connectivity index (χ0v) is 23.4. The van der Waals surface area contributed by atoms with Crippen molar-refractivity contribution in [1.82, 2.24) is 14.8 Å². The number of halogens is 4. The number of thioether (sulfide) groups is 1. The van der Waals surface area contributed by atoms with Crippen LogP contribution in [0, 0.1) is 6.92 Å². The Labute approximate surface area is 231 Å². The number of carboxylic acids is 1. The number of thiazole rings is 1. The van der Waals surface area contributed by atoms with E-state index in [1.807, 2.05) is 6.07 Å². The number of rotatable bonds is 7. The summed E-state index contributed by atoms with van der Waals surface area (Å²) in [5.41, 5.74) is 2.99. The third-order valence-corrected chi connectivity index (χ3v) is 8.94. The van der Waals surface area contributed by atoms with Gasteiger partial charge < -0.3 is 5.11 Å². The van der Waals surface area contributed by atoms with Gasteiger partial charge in [0, 0.05) is 26.4 Å². The Bertz CT molecular complexity index is 1410. The van der Waals surface area contributed by atoms with Crippen molar-refractivity contribution in [3.63, 3.8) is 0 Å². The fourth-order valence-corrected chi connectivity index (χ4v) is 6.79. The molecule has 4 aromatic rings. The lowest BCUT2D eigenvalue weighted by atomic mass is 10.0. The minimum atomic E-state index is -1.14. The third-order valence-electron chi connectivity index (χ3n) is 5.26. The number of aromatic nitrogens is 3. The minimum absolute atomic E-state index is 0.0182. The van der Waals surface area contributed by atoms with Crippen molar-refractivity contribution in [2.45, 2.75) is 36.7 Å². The fourth-order valence-electron chi connectivity index (χ4n) is 3.46. The van der Waals surface area contributed by atoms with Crippen LogP contribution in [-0.4, -0.2) is 31.1 Å². The summed E-state index contributed by atoms with van der Waals surface area (Å²) in [5, 5.41) is 17.2. The highest BCUT2D eigenvalue weighted by molar-refractivity contribution is 8.01. The van der Waals surface area contributed by atoms with Gasteiger partial charge in [-0.25, -0.2) is 9.78 Å². The van der Waals surface area contributed by atoms with E-state index in [1.54, 1.807) is 49.0 Å². The molecule has 0 fully saturated rings. The summed E-state index contributed by atoms with van der Waals surface area (Å²) in [4.78, 5) is 17.3. The molecule has 35 heavy (non-hydrogen) atoms. The molecule has 2 heterocycles. The average Bonchev–Trinajstić information content (AvgIpc) is 3.35. The highest BCUT2D eigenvalue weighted by atomic mass is 35.5. The second-order valence-corrected chi connectivity index (χ2v) is 12.2. The molecule has 0 amide bonds. The van der Waals surface area contributed by atoms with E-state index in [4.69, 9.17) is 51.4 Å². The Hall–Kier alpha value is -1.74. The van der Waals surface area contributed by atoms with E-state index in [1.165, 1.54) is 16.0 Å². The predicted octanol–water partition coefficient (Wildman–Crippen LogP) is 9.17. The van der Waals surface area contributed by atoms with E-state index in [0.29, 0.717) is 53.0 Å². The first kappa shape index (κ1) is 26.3. The molecule has 11 heteroatoms. The van der Waals surface area contributed by atoms with E-state index in [2.05, 4.69) is 18.9 Å². The Balaban J connectivity index is 1.93.